The molecule has 0 unspecified atom stereocenters. The molecule has 0 aliphatic rings. The molecule has 0 radical (unpaired) electrons. The second-order valence-corrected chi connectivity index (χ2v) is 11.0. The minimum absolute atomic E-state index is 0.0744. The zero-order valence-electron chi connectivity index (χ0n) is 15.5. The van der Waals surface area contributed by atoms with Crippen LogP contribution in [0.4, 0.5) is 0 Å². The maximum atomic E-state index is 2.46. The van der Waals surface area contributed by atoms with Crippen LogP contribution in [0.2, 0.25) is 0 Å². The van der Waals surface area contributed by atoms with Gasteiger partial charge in [0.05, 0.1) is 0 Å². The fourth-order valence-electron chi connectivity index (χ4n) is 2.19. The molecule has 0 bridgehead atoms. The Labute approximate surface area is 138 Å². The molecule has 1 nitrogen and oxygen atoms in total. The quantitative estimate of drug-likeness (QED) is 0.737. The van der Waals surface area contributed by atoms with Crippen molar-refractivity contribution < 1.29 is 0 Å². The zero-order valence-corrected chi connectivity index (χ0v) is 17.4. The monoisotopic (exact) mass is 349 g/mol. The van der Waals surface area contributed by atoms with Gasteiger partial charge in [-0.25, -0.2) is 0 Å². The van der Waals surface area contributed by atoms with Gasteiger partial charge in [0.2, 0.25) is 0 Å². The molecule has 0 heterocycles. The number of hydrogen-bond acceptors (Lipinski definition) is 1. The summed E-state index contributed by atoms with van der Waals surface area (Å²) < 4.78 is 3.10. The topological polar surface area (TPSA) is 3.24 Å². The SMILES string of the molecule is CC(=[As]c1c(C)cc(C(C)(C)C)cc1C(C)(C)C)N(C)C. The predicted molar refractivity (Wildman–Crippen MR) is 98.3 cm³/mol. The van der Waals surface area contributed by atoms with E-state index in [1.54, 1.807) is 4.35 Å². The summed E-state index contributed by atoms with van der Waals surface area (Å²) in [7, 11) is 4.31. The molecule has 0 atom stereocenters. The average molecular weight is 349 g/mol. The number of benzene rings is 1. The maximum absolute atomic E-state index is 2.46. The Morgan fingerprint density at radius 2 is 1.48 bits per heavy atom. The van der Waals surface area contributed by atoms with Crippen LogP contribution in [0.25, 0.3) is 0 Å². The molecular formula is C19H32AsN. The van der Waals surface area contributed by atoms with Crippen LogP contribution >= 0.6 is 0 Å². The average Bonchev–Trinajstić information content (AvgIpc) is 2.28. The normalized spacial score (nSPS) is 14.0. The van der Waals surface area contributed by atoms with E-state index in [0.717, 1.165) is 0 Å². The first-order chi connectivity index (χ1) is 9.34. The molecule has 0 aromatic heterocycles. The zero-order chi connectivity index (χ0) is 16.6. The van der Waals surface area contributed by atoms with Gasteiger partial charge in [0.25, 0.3) is 0 Å². The van der Waals surface area contributed by atoms with E-state index in [0.29, 0.717) is 0 Å². The van der Waals surface area contributed by atoms with E-state index < -0.39 is 0 Å². The van der Waals surface area contributed by atoms with Crippen LogP contribution in [0.15, 0.2) is 12.1 Å². The van der Waals surface area contributed by atoms with Crippen molar-refractivity contribution >= 4 is 24.1 Å². The Balaban J connectivity index is 3.62. The summed E-state index contributed by atoms with van der Waals surface area (Å²) in [5.74, 6) is 0. The molecule has 2 heteroatoms. The molecule has 0 saturated carbocycles. The number of nitrogens with zero attached hydrogens (tertiary/aromatic N) is 1. The van der Waals surface area contributed by atoms with E-state index in [9.17, 15) is 0 Å². The van der Waals surface area contributed by atoms with Crippen molar-refractivity contribution in [2.75, 3.05) is 14.1 Å². The molecule has 1 aromatic rings. The van der Waals surface area contributed by atoms with E-state index in [4.69, 9.17) is 0 Å². The second-order valence-electron chi connectivity index (χ2n) is 8.24. The van der Waals surface area contributed by atoms with Crippen molar-refractivity contribution in [2.24, 2.45) is 0 Å². The van der Waals surface area contributed by atoms with Crippen molar-refractivity contribution in [1.82, 2.24) is 4.90 Å². The molecule has 0 fully saturated rings. The molecule has 21 heavy (non-hydrogen) atoms. The standard InChI is InChI=1S/C19H32AsN/c1-13-11-15(18(3,4)5)12-16(19(6,7)8)17(13)20-14(2)21(9)10/h11-12H,1-10H3. The van der Waals surface area contributed by atoms with Crippen LogP contribution in [-0.4, -0.2) is 38.7 Å². The molecule has 0 aliphatic heterocycles. The van der Waals surface area contributed by atoms with Gasteiger partial charge in [-0.1, -0.05) is 0 Å². The molecule has 1 rings (SSSR count). The summed E-state index contributed by atoms with van der Waals surface area (Å²) in [6, 6.07) is 4.87. The predicted octanol–water partition coefficient (Wildman–Crippen LogP) is 3.63. The minimum atomic E-state index is 0.0744. The van der Waals surface area contributed by atoms with Gasteiger partial charge in [-0.15, -0.1) is 0 Å². The van der Waals surface area contributed by atoms with E-state index >= 15 is 0 Å². The van der Waals surface area contributed by atoms with E-state index in [-0.39, 0.29) is 26.1 Å². The molecule has 1 aromatic carbocycles. The summed E-state index contributed by atoms with van der Waals surface area (Å²) in [6.45, 7) is 18.5. The van der Waals surface area contributed by atoms with Gasteiger partial charge in [0, 0.05) is 0 Å². The summed E-state index contributed by atoms with van der Waals surface area (Å²) in [5.41, 5.74) is 4.86. The molecular weight excluding hydrogens is 317 g/mol. The number of hydrogen-bond donors (Lipinski definition) is 0. The van der Waals surface area contributed by atoms with Crippen molar-refractivity contribution in [3.05, 3.63) is 28.8 Å². The molecule has 118 valence electrons. The number of rotatable bonds is 2. The van der Waals surface area contributed by atoms with E-state index in [2.05, 4.69) is 86.5 Å². The molecule has 0 N–H and O–H groups in total. The van der Waals surface area contributed by atoms with Crippen LogP contribution < -0.4 is 4.35 Å². The van der Waals surface area contributed by atoms with Gasteiger partial charge in [-0.2, -0.15) is 0 Å². The second kappa shape index (κ2) is 6.39. The third-order valence-corrected chi connectivity index (χ3v) is 7.13. The molecule has 0 aliphatic carbocycles. The number of aryl methyl sites for hydroxylation is 1. The Hall–Kier alpha value is -0.392. The first kappa shape index (κ1) is 18.7. The van der Waals surface area contributed by atoms with Crippen LogP contribution in [0.3, 0.4) is 0 Å². The van der Waals surface area contributed by atoms with Gasteiger partial charge < -0.3 is 0 Å². The van der Waals surface area contributed by atoms with Crippen molar-refractivity contribution in [1.29, 1.82) is 0 Å². The third kappa shape index (κ3) is 4.79. The van der Waals surface area contributed by atoms with Gasteiger partial charge in [-0.05, 0) is 0 Å². The molecule has 0 spiro atoms. The Morgan fingerprint density at radius 1 is 0.952 bits per heavy atom. The van der Waals surface area contributed by atoms with Crippen molar-refractivity contribution in [3.63, 3.8) is 0 Å². The van der Waals surface area contributed by atoms with Gasteiger partial charge in [0.15, 0.2) is 0 Å². The van der Waals surface area contributed by atoms with Crippen molar-refractivity contribution in [3.8, 4) is 0 Å². The third-order valence-electron chi connectivity index (χ3n) is 3.90. The fourth-order valence-corrected chi connectivity index (χ4v) is 4.89. The van der Waals surface area contributed by atoms with Crippen LogP contribution in [0, 0.1) is 6.92 Å². The van der Waals surface area contributed by atoms with Crippen LogP contribution in [-0.2, 0) is 10.8 Å². The van der Waals surface area contributed by atoms with E-state index in [1.807, 2.05) is 0 Å². The van der Waals surface area contributed by atoms with Crippen molar-refractivity contribution in [2.45, 2.75) is 66.2 Å². The first-order valence-corrected chi connectivity index (χ1v) is 9.60. The van der Waals surface area contributed by atoms with Crippen LogP contribution in [0.5, 0.6) is 0 Å². The summed E-state index contributed by atoms with van der Waals surface area (Å²) in [6.07, 6.45) is 0. The summed E-state index contributed by atoms with van der Waals surface area (Å²) in [4.78, 5) is 2.27. The summed E-state index contributed by atoms with van der Waals surface area (Å²) in [5, 5.41) is 0. The first-order valence-electron chi connectivity index (χ1n) is 7.72. The molecule has 0 saturated heterocycles. The molecule has 0 amide bonds. The van der Waals surface area contributed by atoms with E-state index in [1.165, 1.54) is 21.1 Å². The Kier molecular flexibility index (Phi) is 5.67. The van der Waals surface area contributed by atoms with Gasteiger partial charge in [-0.3, -0.25) is 0 Å². The fraction of sp³-hybridized carbons (Fsp3) is 0.632. The Bertz CT molecular complexity index is 540. The summed E-state index contributed by atoms with van der Waals surface area (Å²) >= 11 is 0.0744. The van der Waals surface area contributed by atoms with Crippen LogP contribution in [0.1, 0.15) is 65.2 Å². The van der Waals surface area contributed by atoms with Gasteiger partial charge in [0.1, 0.15) is 0 Å². The Morgan fingerprint density at radius 3 is 1.86 bits per heavy atom. The van der Waals surface area contributed by atoms with Gasteiger partial charge >= 0.3 is 138 Å².